The average molecular weight is 654 g/mol. The molecular weight excluding hydrogens is 611 g/mol. The van der Waals surface area contributed by atoms with Crippen molar-refractivity contribution in [2.45, 2.75) is 69.5 Å². The number of nitrogens with zero attached hydrogens (tertiary/aromatic N) is 2. The van der Waals surface area contributed by atoms with Crippen LogP contribution in [-0.4, -0.2) is 50.9 Å². The summed E-state index contributed by atoms with van der Waals surface area (Å²) in [6.07, 6.45) is 4.18. The third-order valence-corrected chi connectivity index (χ3v) is 10.6. The largest absolute Gasteiger partial charge is 0.497 e. The van der Waals surface area contributed by atoms with Gasteiger partial charge in [0, 0.05) is 19.0 Å². The summed E-state index contributed by atoms with van der Waals surface area (Å²) in [6, 6.07) is 29.7. The molecule has 0 spiro atoms. The van der Waals surface area contributed by atoms with Gasteiger partial charge in [0.25, 0.3) is 10.0 Å². The second-order valence-corrected chi connectivity index (χ2v) is 14.0. The van der Waals surface area contributed by atoms with Crippen molar-refractivity contribution in [3.8, 4) is 5.75 Å². The SMILES string of the molecule is COc1ccc(N(CC(=O)N(Cc2ccccc2C)C(Cc2ccccc2)C(=O)NC2CCCC2)S(=O)(=O)c2ccc(C)cc2)cc1. The molecule has 47 heavy (non-hydrogen) atoms. The topological polar surface area (TPSA) is 96.0 Å². The van der Waals surface area contributed by atoms with Crippen molar-refractivity contribution in [3.05, 3.63) is 125 Å². The molecule has 1 saturated carbocycles. The molecule has 0 saturated heterocycles. The number of benzene rings is 4. The normalized spacial score (nSPS) is 13.9. The van der Waals surface area contributed by atoms with Gasteiger partial charge in [-0.3, -0.25) is 13.9 Å². The van der Waals surface area contributed by atoms with Crippen LogP contribution in [0.5, 0.6) is 5.75 Å². The van der Waals surface area contributed by atoms with Crippen LogP contribution in [0.3, 0.4) is 0 Å². The first-order chi connectivity index (χ1) is 22.7. The molecule has 4 aromatic carbocycles. The van der Waals surface area contributed by atoms with Crippen LogP contribution in [0, 0.1) is 13.8 Å². The number of amides is 2. The molecule has 8 nitrogen and oxygen atoms in total. The number of carbonyl (C=O) groups excluding carboxylic acids is 2. The highest BCUT2D eigenvalue weighted by atomic mass is 32.2. The first-order valence-corrected chi connectivity index (χ1v) is 17.5. The van der Waals surface area contributed by atoms with Gasteiger partial charge in [-0.05, 0) is 79.8 Å². The number of sulfonamides is 1. The summed E-state index contributed by atoms with van der Waals surface area (Å²) in [5, 5.41) is 3.22. The first-order valence-electron chi connectivity index (χ1n) is 16.1. The number of ether oxygens (including phenoxy) is 1. The number of hydrogen-bond acceptors (Lipinski definition) is 5. The van der Waals surface area contributed by atoms with Crippen LogP contribution < -0.4 is 14.4 Å². The molecule has 9 heteroatoms. The molecule has 5 rings (SSSR count). The van der Waals surface area contributed by atoms with Crippen LogP contribution in [0.25, 0.3) is 0 Å². The Morgan fingerprint density at radius 1 is 0.851 bits per heavy atom. The minimum absolute atomic E-state index is 0.0499. The third kappa shape index (κ3) is 8.40. The molecule has 0 aromatic heterocycles. The van der Waals surface area contributed by atoms with Gasteiger partial charge in [-0.2, -0.15) is 0 Å². The van der Waals surface area contributed by atoms with Crippen LogP contribution in [-0.2, 0) is 32.6 Å². The van der Waals surface area contributed by atoms with Crippen LogP contribution >= 0.6 is 0 Å². The molecule has 0 aliphatic heterocycles. The number of carbonyl (C=O) groups is 2. The zero-order valence-corrected chi connectivity index (χ0v) is 28.1. The molecule has 0 heterocycles. The number of nitrogens with one attached hydrogen (secondary N) is 1. The van der Waals surface area contributed by atoms with Crippen LogP contribution in [0.2, 0.25) is 0 Å². The molecule has 4 aromatic rings. The van der Waals surface area contributed by atoms with Crippen molar-refractivity contribution in [2.24, 2.45) is 0 Å². The molecule has 1 unspecified atom stereocenters. The van der Waals surface area contributed by atoms with Gasteiger partial charge in [-0.25, -0.2) is 8.42 Å². The maximum absolute atomic E-state index is 14.7. The number of aryl methyl sites for hydroxylation is 2. The number of rotatable bonds is 13. The van der Waals surface area contributed by atoms with E-state index in [4.69, 9.17) is 4.74 Å². The Labute approximate surface area is 278 Å². The standard InChI is InChI=1S/C38H43N3O5S/c1-28-17-23-35(24-18-28)47(44,45)41(33-19-21-34(46-3)22-20-33)27-37(42)40(26-31-14-8-7-11-29(31)2)36(25-30-12-5-4-6-13-30)38(43)39-32-15-9-10-16-32/h4-8,11-14,17-24,32,36H,9-10,15-16,25-27H2,1-3H3,(H,39,43). The van der Waals surface area contributed by atoms with Gasteiger partial charge < -0.3 is 15.0 Å². The van der Waals surface area contributed by atoms with Gasteiger partial charge in [0.1, 0.15) is 18.3 Å². The molecule has 1 aliphatic rings. The van der Waals surface area contributed by atoms with Crippen molar-refractivity contribution in [3.63, 3.8) is 0 Å². The minimum Gasteiger partial charge on any atom is -0.497 e. The van der Waals surface area contributed by atoms with E-state index in [0.29, 0.717) is 11.4 Å². The molecular formula is C38H43N3O5S. The van der Waals surface area contributed by atoms with Crippen molar-refractivity contribution in [2.75, 3.05) is 18.0 Å². The van der Waals surface area contributed by atoms with Crippen LogP contribution in [0.15, 0.2) is 108 Å². The van der Waals surface area contributed by atoms with E-state index in [-0.39, 0.29) is 29.8 Å². The van der Waals surface area contributed by atoms with E-state index >= 15 is 0 Å². The molecule has 1 atom stereocenters. The smallest absolute Gasteiger partial charge is 0.264 e. The Kier molecular flexibility index (Phi) is 11.0. The van der Waals surface area contributed by atoms with Crippen molar-refractivity contribution >= 4 is 27.5 Å². The van der Waals surface area contributed by atoms with E-state index in [9.17, 15) is 18.0 Å². The first kappa shape index (κ1) is 33.7. The molecule has 0 radical (unpaired) electrons. The third-order valence-electron chi connectivity index (χ3n) is 8.82. The van der Waals surface area contributed by atoms with Crippen LogP contribution in [0.1, 0.15) is 47.9 Å². The molecule has 2 amide bonds. The fourth-order valence-corrected chi connectivity index (χ4v) is 7.42. The monoisotopic (exact) mass is 653 g/mol. The van der Waals surface area contributed by atoms with Gasteiger partial charge in [-0.1, -0.05) is 85.1 Å². The number of methoxy groups -OCH3 is 1. The fourth-order valence-electron chi connectivity index (χ4n) is 6.01. The summed E-state index contributed by atoms with van der Waals surface area (Å²) in [6.45, 7) is 3.49. The lowest BCUT2D eigenvalue weighted by molar-refractivity contribution is -0.140. The van der Waals surface area contributed by atoms with Crippen molar-refractivity contribution in [1.82, 2.24) is 10.2 Å². The van der Waals surface area contributed by atoms with Crippen LogP contribution in [0.4, 0.5) is 5.69 Å². The Morgan fingerprint density at radius 2 is 1.49 bits per heavy atom. The zero-order chi connectivity index (χ0) is 33.4. The zero-order valence-electron chi connectivity index (χ0n) is 27.3. The summed E-state index contributed by atoms with van der Waals surface area (Å²) in [5.74, 6) is -0.164. The maximum Gasteiger partial charge on any atom is 0.264 e. The molecule has 1 N–H and O–H groups in total. The lowest BCUT2D eigenvalue weighted by Gasteiger charge is -2.34. The van der Waals surface area contributed by atoms with Crippen molar-refractivity contribution in [1.29, 1.82) is 0 Å². The van der Waals surface area contributed by atoms with Gasteiger partial charge in [0.05, 0.1) is 17.7 Å². The van der Waals surface area contributed by atoms with E-state index in [2.05, 4.69) is 5.32 Å². The number of anilines is 1. The highest BCUT2D eigenvalue weighted by molar-refractivity contribution is 7.92. The van der Waals surface area contributed by atoms with Gasteiger partial charge >= 0.3 is 0 Å². The predicted octanol–water partition coefficient (Wildman–Crippen LogP) is 6.21. The van der Waals surface area contributed by atoms with E-state index in [1.807, 2.05) is 68.4 Å². The second kappa shape index (κ2) is 15.3. The summed E-state index contributed by atoms with van der Waals surface area (Å²) >= 11 is 0. The maximum atomic E-state index is 14.7. The molecule has 0 bridgehead atoms. The van der Waals surface area contributed by atoms with Gasteiger partial charge in [0.15, 0.2) is 0 Å². The molecule has 1 aliphatic carbocycles. The quantitative estimate of drug-likeness (QED) is 0.185. The molecule has 246 valence electrons. The lowest BCUT2D eigenvalue weighted by Crippen LogP contribution is -2.54. The summed E-state index contributed by atoms with van der Waals surface area (Å²) in [4.78, 5) is 30.5. The second-order valence-electron chi connectivity index (χ2n) is 12.2. The summed E-state index contributed by atoms with van der Waals surface area (Å²) < 4.78 is 34.9. The number of hydrogen-bond donors (Lipinski definition) is 1. The minimum atomic E-state index is -4.18. The Hall–Kier alpha value is -4.63. The van der Waals surface area contributed by atoms with E-state index < -0.39 is 28.5 Å². The van der Waals surface area contributed by atoms with E-state index in [0.717, 1.165) is 52.2 Å². The Bertz CT molecular complexity index is 1750. The summed E-state index contributed by atoms with van der Waals surface area (Å²) in [7, 11) is -2.65. The predicted molar refractivity (Wildman–Crippen MR) is 185 cm³/mol. The fraction of sp³-hybridized carbons (Fsp3) is 0.316. The van der Waals surface area contributed by atoms with Gasteiger partial charge in [0.2, 0.25) is 11.8 Å². The van der Waals surface area contributed by atoms with Gasteiger partial charge in [-0.15, -0.1) is 0 Å². The average Bonchev–Trinajstić information content (AvgIpc) is 3.59. The molecule has 1 fully saturated rings. The highest BCUT2D eigenvalue weighted by Gasteiger charge is 2.35. The summed E-state index contributed by atoms with van der Waals surface area (Å²) in [5.41, 5.74) is 3.98. The van der Waals surface area contributed by atoms with E-state index in [1.165, 1.54) is 7.11 Å². The van der Waals surface area contributed by atoms with Crippen molar-refractivity contribution < 1.29 is 22.7 Å². The highest BCUT2D eigenvalue weighted by Crippen LogP contribution is 2.28. The Morgan fingerprint density at radius 3 is 2.13 bits per heavy atom. The van der Waals surface area contributed by atoms with E-state index in [1.54, 1.807) is 53.4 Å². The Balaban J connectivity index is 1.57. The lowest BCUT2D eigenvalue weighted by atomic mass is 10.0.